The molecule has 1 fully saturated rings. The highest BCUT2D eigenvalue weighted by Crippen LogP contribution is 2.30. The van der Waals surface area contributed by atoms with E-state index in [1.807, 2.05) is 12.1 Å². The van der Waals surface area contributed by atoms with E-state index in [9.17, 15) is 0 Å². The summed E-state index contributed by atoms with van der Waals surface area (Å²) in [7, 11) is 0. The molecule has 1 aromatic rings. The van der Waals surface area contributed by atoms with Crippen LogP contribution in [0.3, 0.4) is 0 Å². The van der Waals surface area contributed by atoms with Gasteiger partial charge >= 0.3 is 0 Å². The molecule has 0 spiro atoms. The normalized spacial score (nSPS) is 20.1. The molecule has 1 saturated heterocycles. The van der Waals surface area contributed by atoms with E-state index in [1.54, 1.807) is 0 Å². The first kappa shape index (κ1) is 12.3. The molecule has 0 radical (unpaired) electrons. The SMILES string of the molecule is Cc1c(Cl)cccc1N1CCCC(CC#N)C1. The molecule has 1 unspecified atom stereocenters. The van der Waals surface area contributed by atoms with E-state index in [0.29, 0.717) is 12.3 Å². The number of benzene rings is 1. The van der Waals surface area contributed by atoms with Crippen molar-refractivity contribution in [3.05, 3.63) is 28.8 Å². The summed E-state index contributed by atoms with van der Waals surface area (Å²) in [6.45, 7) is 4.11. The molecule has 0 saturated carbocycles. The molecule has 0 aromatic heterocycles. The van der Waals surface area contributed by atoms with Gasteiger partial charge in [0.2, 0.25) is 0 Å². The lowest BCUT2D eigenvalue weighted by Crippen LogP contribution is -2.35. The Morgan fingerprint density at radius 2 is 2.35 bits per heavy atom. The van der Waals surface area contributed by atoms with Crippen molar-refractivity contribution in [2.45, 2.75) is 26.2 Å². The molecule has 2 rings (SSSR count). The van der Waals surface area contributed by atoms with Gasteiger partial charge in [-0.15, -0.1) is 0 Å². The molecule has 17 heavy (non-hydrogen) atoms. The molecule has 1 heterocycles. The summed E-state index contributed by atoms with van der Waals surface area (Å²) in [6.07, 6.45) is 3.00. The molecule has 2 nitrogen and oxygen atoms in total. The zero-order chi connectivity index (χ0) is 12.3. The van der Waals surface area contributed by atoms with Crippen LogP contribution in [0.15, 0.2) is 18.2 Å². The maximum absolute atomic E-state index is 8.78. The Morgan fingerprint density at radius 1 is 1.53 bits per heavy atom. The predicted octanol–water partition coefficient (Wildman–Crippen LogP) is 3.78. The van der Waals surface area contributed by atoms with Crippen molar-refractivity contribution >= 4 is 17.3 Å². The van der Waals surface area contributed by atoms with E-state index >= 15 is 0 Å². The number of anilines is 1. The third-order valence-electron chi connectivity index (χ3n) is 3.48. The van der Waals surface area contributed by atoms with Crippen molar-refractivity contribution in [2.24, 2.45) is 5.92 Å². The van der Waals surface area contributed by atoms with Crippen molar-refractivity contribution in [1.82, 2.24) is 0 Å². The first-order chi connectivity index (χ1) is 8.22. The summed E-state index contributed by atoms with van der Waals surface area (Å²) in [4.78, 5) is 2.37. The van der Waals surface area contributed by atoms with E-state index in [4.69, 9.17) is 16.9 Å². The van der Waals surface area contributed by atoms with Crippen LogP contribution in [-0.2, 0) is 0 Å². The van der Waals surface area contributed by atoms with E-state index in [2.05, 4.69) is 24.0 Å². The fourth-order valence-electron chi connectivity index (χ4n) is 2.52. The first-order valence-corrected chi connectivity index (χ1v) is 6.47. The quantitative estimate of drug-likeness (QED) is 0.797. The minimum atomic E-state index is 0.507. The number of nitrogens with zero attached hydrogens (tertiary/aromatic N) is 2. The smallest absolute Gasteiger partial charge is 0.0625 e. The monoisotopic (exact) mass is 248 g/mol. The van der Waals surface area contributed by atoms with Gasteiger partial charge in [-0.05, 0) is 43.4 Å². The number of hydrogen-bond donors (Lipinski definition) is 0. The highest BCUT2D eigenvalue weighted by molar-refractivity contribution is 6.31. The lowest BCUT2D eigenvalue weighted by atomic mass is 9.94. The van der Waals surface area contributed by atoms with Gasteiger partial charge in [0.15, 0.2) is 0 Å². The zero-order valence-corrected chi connectivity index (χ0v) is 10.9. The summed E-state index contributed by atoms with van der Waals surface area (Å²) < 4.78 is 0. The van der Waals surface area contributed by atoms with Gasteiger partial charge in [0.1, 0.15) is 0 Å². The van der Waals surface area contributed by atoms with Gasteiger partial charge < -0.3 is 4.90 Å². The van der Waals surface area contributed by atoms with Crippen LogP contribution in [0, 0.1) is 24.2 Å². The van der Waals surface area contributed by atoms with Crippen LogP contribution < -0.4 is 4.90 Å². The van der Waals surface area contributed by atoms with Crippen molar-refractivity contribution in [3.63, 3.8) is 0 Å². The summed E-state index contributed by atoms with van der Waals surface area (Å²) in [5.41, 5.74) is 2.37. The molecule has 1 aliphatic rings. The highest BCUT2D eigenvalue weighted by Gasteiger charge is 2.21. The Bertz CT molecular complexity index is 436. The molecular formula is C14H17ClN2. The first-order valence-electron chi connectivity index (χ1n) is 6.09. The van der Waals surface area contributed by atoms with Crippen LogP contribution >= 0.6 is 11.6 Å². The summed E-state index contributed by atoms with van der Waals surface area (Å²) in [6, 6.07) is 8.33. The van der Waals surface area contributed by atoms with Gasteiger partial charge in [-0.2, -0.15) is 5.26 Å². The average molecular weight is 249 g/mol. The van der Waals surface area contributed by atoms with Crippen molar-refractivity contribution < 1.29 is 0 Å². The number of piperidine rings is 1. The van der Waals surface area contributed by atoms with Crippen LogP contribution in [0.25, 0.3) is 0 Å². The van der Waals surface area contributed by atoms with Gasteiger partial charge in [-0.1, -0.05) is 17.7 Å². The van der Waals surface area contributed by atoms with Crippen LogP contribution in [0.5, 0.6) is 0 Å². The predicted molar refractivity (Wildman–Crippen MR) is 71.4 cm³/mol. The standard InChI is InChI=1S/C14H17ClN2/c1-11-13(15)5-2-6-14(11)17-9-3-4-12(10-17)7-8-16/h2,5-6,12H,3-4,7,9-10H2,1H3. The molecular weight excluding hydrogens is 232 g/mol. The molecule has 90 valence electrons. The second kappa shape index (κ2) is 5.42. The topological polar surface area (TPSA) is 27.0 Å². The molecule has 1 aromatic carbocycles. The van der Waals surface area contributed by atoms with Crippen LogP contribution in [0.1, 0.15) is 24.8 Å². The van der Waals surface area contributed by atoms with Crippen molar-refractivity contribution in [2.75, 3.05) is 18.0 Å². The third kappa shape index (κ3) is 2.73. The Balaban J connectivity index is 2.17. The van der Waals surface area contributed by atoms with E-state index in [-0.39, 0.29) is 0 Å². The molecule has 3 heteroatoms. The van der Waals surface area contributed by atoms with Crippen molar-refractivity contribution in [1.29, 1.82) is 5.26 Å². The molecule has 0 aliphatic carbocycles. The van der Waals surface area contributed by atoms with Gasteiger partial charge in [0.05, 0.1) is 6.07 Å². The Morgan fingerprint density at radius 3 is 3.12 bits per heavy atom. The van der Waals surface area contributed by atoms with Crippen LogP contribution in [0.2, 0.25) is 5.02 Å². The van der Waals surface area contributed by atoms with Gasteiger partial charge in [0.25, 0.3) is 0 Å². The zero-order valence-electron chi connectivity index (χ0n) is 10.1. The van der Waals surface area contributed by atoms with Gasteiger partial charge in [-0.25, -0.2) is 0 Å². The molecule has 1 atom stereocenters. The van der Waals surface area contributed by atoms with Crippen molar-refractivity contribution in [3.8, 4) is 6.07 Å². The van der Waals surface area contributed by atoms with E-state index < -0.39 is 0 Å². The largest absolute Gasteiger partial charge is 0.371 e. The molecule has 0 bridgehead atoms. The second-order valence-corrected chi connectivity index (χ2v) is 5.11. The lowest BCUT2D eigenvalue weighted by Gasteiger charge is -2.34. The van der Waals surface area contributed by atoms with Gasteiger partial charge in [-0.3, -0.25) is 0 Å². The lowest BCUT2D eigenvalue weighted by molar-refractivity contribution is 0.421. The summed E-state index contributed by atoms with van der Waals surface area (Å²) >= 11 is 6.15. The Labute approximate surface area is 108 Å². The summed E-state index contributed by atoms with van der Waals surface area (Å²) in [5.74, 6) is 0.507. The van der Waals surface area contributed by atoms with E-state index in [1.165, 1.54) is 12.1 Å². The summed E-state index contributed by atoms with van der Waals surface area (Å²) in [5, 5.41) is 9.61. The van der Waals surface area contributed by atoms with Gasteiger partial charge in [0, 0.05) is 30.2 Å². The fraction of sp³-hybridized carbons (Fsp3) is 0.500. The maximum Gasteiger partial charge on any atom is 0.0625 e. The third-order valence-corrected chi connectivity index (χ3v) is 3.89. The Kier molecular flexibility index (Phi) is 3.91. The Hall–Kier alpha value is -1.20. The van der Waals surface area contributed by atoms with Crippen LogP contribution in [-0.4, -0.2) is 13.1 Å². The van der Waals surface area contributed by atoms with E-state index in [0.717, 1.165) is 30.1 Å². The molecule has 0 amide bonds. The highest BCUT2D eigenvalue weighted by atomic mass is 35.5. The fourth-order valence-corrected chi connectivity index (χ4v) is 2.69. The minimum Gasteiger partial charge on any atom is -0.371 e. The molecule has 0 N–H and O–H groups in total. The second-order valence-electron chi connectivity index (χ2n) is 4.70. The number of halogens is 1. The maximum atomic E-state index is 8.78. The minimum absolute atomic E-state index is 0.507. The molecule has 1 aliphatic heterocycles. The number of hydrogen-bond acceptors (Lipinski definition) is 2. The number of nitriles is 1. The average Bonchev–Trinajstić information content (AvgIpc) is 2.33. The van der Waals surface area contributed by atoms with Crippen LogP contribution in [0.4, 0.5) is 5.69 Å². The number of rotatable bonds is 2.